The van der Waals surface area contributed by atoms with Gasteiger partial charge in [0.2, 0.25) is 10.0 Å². The Labute approximate surface area is 121 Å². The molecule has 0 aliphatic rings. The summed E-state index contributed by atoms with van der Waals surface area (Å²) in [5, 5.41) is 3.09. The Bertz CT molecular complexity index is 503. The van der Waals surface area contributed by atoms with Crippen molar-refractivity contribution in [1.29, 1.82) is 0 Å². The second kappa shape index (κ2) is 8.18. The van der Waals surface area contributed by atoms with Crippen molar-refractivity contribution in [3.8, 4) is 0 Å². The lowest BCUT2D eigenvalue weighted by atomic mass is 10.4. The fourth-order valence-electron chi connectivity index (χ4n) is 1.55. The molecule has 0 saturated carbocycles. The van der Waals surface area contributed by atoms with Gasteiger partial charge >= 0.3 is 0 Å². The van der Waals surface area contributed by atoms with Crippen LogP contribution in [-0.4, -0.2) is 39.2 Å². The van der Waals surface area contributed by atoms with E-state index in [-0.39, 0.29) is 17.5 Å². The highest BCUT2D eigenvalue weighted by Crippen LogP contribution is 2.19. The summed E-state index contributed by atoms with van der Waals surface area (Å²) in [5.74, 6) is 0. The van der Waals surface area contributed by atoms with Gasteiger partial charge in [-0.2, -0.15) is 0 Å². The Morgan fingerprint density at radius 1 is 1.35 bits per heavy atom. The van der Waals surface area contributed by atoms with Crippen molar-refractivity contribution >= 4 is 15.7 Å². The average molecular weight is 301 g/mol. The maximum atomic E-state index is 12.2. The van der Waals surface area contributed by atoms with Crippen molar-refractivity contribution in [3.05, 3.63) is 18.5 Å². The van der Waals surface area contributed by atoms with Crippen LogP contribution >= 0.6 is 0 Å². The largest absolute Gasteiger partial charge is 0.384 e. The molecule has 0 unspecified atom stereocenters. The van der Waals surface area contributed by atoms with Crippen molar-refractivity contribution in [2.45, 2.75) is 38.2 Å². The Morgan fingerprint density at radius 2 is 2.10 bits per heavy atom. The molecule has 0 saturated heterocycles. The minimum atomic E-state index is -3.57. The maximum absolute atomic E-state index is 12.2. The number of ether oxygens (including phenoxy) is 1. The molecule has 6 nitrogen and oxygen atoms in total. The van der Waals surface area contributed by atoms with Crippen LogP contribution in [0.15, 0.2) is 23.4 Å². The first-order valence-electron chi connectivity index (χ1n) is 6.76. The highest BCUT2D eigenvalue weighted by Gasteiger charge is 2.18. The average Bonchev–Trinajstić information content (AvgIpc) is 2.41. The quantitative estimate of drug-likeness (QED) is 0.677. The van der Waals surface area contributed by atoms with E-state index in [9.17, 15) is 8.42 Å². The van der Waals surface area contributed by atoms with Crippen molar-refractivity contribution in [1.82, 2.24) is 9.71 Å². The van der Waals surface area contributed by atoms with E-state index in [1.165, 1.54) is 6.20 Å². The van der Waals surface area contributed by atoms with Gasteiger partial charge in [-0.3, -0.25) is 4.98 Å². The predicted octanol–water partition coefficient (Wildman–Crippen LogP) is 1.61. The molecule has 1 aromatic rings. The molecule has 0 radical (unpaired) electrons. The van der Waals surface area contributed by atoms with E-state index < -0.39 is 10.0 Å². The number of hydrogen-bond donors (Lipinski definition) is 2. The lowest BCUT2D eigenvalue weighted by molar-refractivity contribution is 0.0834. The summed E-state index contributed by atoms with van der Waals surface area (Å²) in [5.41, 5.74) is 0.569. The fraction of sp³-hybridized carbons (Fsp3) is 0.615. The van der Waals surface area contributed by atoms with Crippen LogP contribution in [0.4, 0.5) is 5.69 Å². The van der Waals surface area contributed by atoms with Gasteiger partial charge in [0, 0.05) is 25.5 Å². The van der Waals surface area contributed by atoms with Crippen molar-refractivity contribution in [2.75, 3.05) is 25.0 Å². The van der Waals surface area contributed by atoms with Crippen LogP contribution in [0.2, 0.25) is 0 Å². The van der Waals surface area contributed by atoms with E-state index in [0.717, 1.165) is 6.42 Å². The van der Waals surface area contributed by atoms with Gasteiger partial charge in [-0.25, -0.2) is 13.1 Å². The van der Waals surface area contributed by atoms with Crippen molar-refractivity contribution in [2.24, 2.45) is 0 Å². The van der Waals surface area contributed by atoms with Crippen LogP contribution in [0.25, 0.3) is 0 Å². The molecule has 20 heavy (non-hydrogen) atoms. The Morgan fingerprint density at radius 3 is 2.75 bits per heavy atom. The Kier molecular flexibility index (Phi) is 6.90. The van der Waals surface area contributed by atoms with E-state index in [0.29, 0.717) is 18.8 Å². The Balaban J connectivity index is 2.71. The summed E-state index contributed by atoms with van der Waals surface area (Å²) in [6.45, 7) is 7.12. The standard InChI is InChI=1S/C13H23N3O3S/c1-4-6-15-12-5-7-14-10-13(12)20(17,18)16-8-9-19-11(2)3/h5,7,10-11,16H,4,6,8-9H2,1-3H3,(H,14,15). The first-order chi connectivity index (χ1) is 9.47. The third-order valence-electron chi connectivity index (χ3n) is 2.48. The fourth-order valence-corrected chi connectivity index (χ4v) is 2.69. The number of sulfonamides is 1. The van der Waals surface area contributed by atoms with E-state index in [4.69, 9.17) is 4.74 Å². The van der Waals surface area contributed by atoms with Crippen LogP contribution < -0.4 is 10.0 Å². The molecule has 7 heteroatoms. The molecule has 0 aromatic carbocycles. The Hall–Kier alpha value is -1.18. The molecule has 0 bridgehead atoms. The van der Waals surface area contributed by atoms with Crippen LogP contribution in [0.5, 0.6) is 0 Å². The number of nitrogens with zero attached hydrogens (tertiary/aromatic N) is 1. The SMILES string of the molecule is CCCNc1ccncc1S(=O)(=O)NCCOC(C)C. The molecule has 1 heterocycles. The summed E-state index contributed by atoms with van der Waals surface area (Å²) in [6.07, 6.45) is 3.92. The number of pyridine rings is 1. The van der Waals surface area contributed by atoms with Crippen molar-refractivity contribution < 1.29 is 13.2 Å². The minimum Gasteiger partial charge on any atom is -0.384 e. The summed E-state index contributed by atoms with van der Waals surface area (Å²) in [7, 11) is -3.57. The van der Waals surface area contributed by atoms with Crippen molar-refractivity contribution in [3.63, 3.8) is 0 Å². The van der Waals surface area contributed by atoms with E-state index >= 15 is 0 Å². The summed E-state index contributed by atoms with van der Waals surface area (Å²) >= 11 is 0. The normalized spacial score (nSPS) is 11.8. The zero-order valence-corrected chi connectivity index (χ0v) is 13.0. The lowest BCUT2D eigenvalue weighted by Crippen LogP contribution is -2.29. The van der Waals surface area contributed by atoms with Crippen LogP contribution in [-0.2, 0) is 14.8 Å². The number of anilines is 1. The van der Waals surface area contributed by atoms with Crippen LogP contribution in [0, 0.1) is 0 Å². The van der Waals surface area contributed by atoms with Gasteiger partial charge < -0.3 is 10.1 Å². The molecule has 114 valence electrons. The number of aromatic nitrogens is 1. The van der Waals surface area contributed by atoms with Gasteiger partial charge in [0.15, 0.2) is 0 Å². The molecule has 0 aliphatic carbocycles. The zero-order valence-electron chi connectivity index (χ0n) is 12.2. The third-order valence-corrected chi connectivity index (χ3v) is 3.97. The monoisotopic (exact) mass is 301 g/mol. The lowest BCUT2D eigenvalue weighted by Gasteiger charge is -2.13. The third kappa shape index (κ3) is 5.44. The second-order valence-corrected chi connectivity index (χ2v) is 6.35. The topological polar surface area (TPSA) is 80.3 Å². The van der Waals surface area contributed by atoms with E-state index in [2.05, 4.69) is 15.0 Å². The number of nitrogens with one attached hydrogen (secondary N) is 2. The number of hydrogen-bond acceptors (Lipinski definition) is 5. The first-order valence-corrected chi connectivity index (χ1v) is 8.25. The summed E-state index contributed by atoms with van der Waals surface area (Å²) in [6, 6.07) is 1.66. The van der Waals surface area contributed by atoms with Crippen LogP contribution in [0.3, 0.4) is 0 Å². The molecule has 1 rings (SSSR count). The van der Waals surface area contributed by atoms with E-state index in [1.54, 1.807) is 12.3 Å². The van der Waals surface area contributed by atoms with Gasteiger partial charge in [0.1, 0.15) is 4.90 Å². The molecule has 1 aromatic heterocycles. The molecule has 0 atom stereocenters. The van der Waals surface area contributed by atoms with Gasteiger partial charge in [-0.1, -0.05) is 6.92 Å². The molecular formula is C13H23N3O3S. The van der Waals surface area contributed by atoms with Gasteiger partial charge in [0.25, 0.3) is 0 Å². The molecule has 0 spiro atoms. The van der Waals surface area contributed by atoms with Gasteiger partial charge in [-0.05, 0) is 26.3 Å². The van der Waals surface area contributed by atoms with Gasteiger partial charge in [-0.15, -0.1) is 0 Å². The predicted molar refractivity (Wildman–Crippen MR) is 79.3 cm³/mol. The molecular weight excluding hydrogens is 278 g/mol. The summed E-state index contributed by atoms with van der Waals surface area (Å²) in [4.78, 5) is 4.05. The highest BCUT2D eigenvalue weighted by molar-refractivity contribution is 7.89. The van der Waals surface area contributed by atoms with Gasteiger partial charge in [0.05, 0.1) is 18.4 Å². The number of rotatable bonds is 9. The molecule has 2 N–H and O–H groups in total. The smallest absolute Gasteiger partial charge is 0.244 e. The highest BCUT2D eigenvalue weighted by atomic mass is 32.2. The zero-order chi connectivity index (χ0) is 15.0. The van der Waals surface area contributed by atoms with Crippen LogP contribution in [0.1, 0.15) is 27.2 Å². The molecule has 0 amide bonds. The summed E-state index contributed by atoms with van der Waals surface area (Å²) < 4.78 is 32.3. The second-order valence-electron chi connectivity index (χ2n) is 4.62. The molecule has 0 aliphatic heterocycles. The first kappa shape index (κ1) is 16.9. The van der Waals surface area contributed by atoms with E-state index in [1.807, 2.05) is 20.8 Å². The maximum Gasteiger partial charge on any atom is 0.244 e. The molecule has 0 fully saturated rings. The minimum absolute atomic E-state index is 0.0830.